The molecule has 2 heterocycles. The Morgan fingerprint density at radius 3 is 2.75 bits per heavy atom. The number of amides is 2. The summed E-state index contributed by atoms with van der Waals surface area (Å²) in [6.45, 7) is 6.11. The van der Waals surface area contributed by atoms with E-state index in [1.54, 1.807) is 0 Å². The van der Waals surface area contributed by atoms with Crippen LogP contribution in [0.2, 0.25) is 0 Å². The zero-order valence-corrected chi connectivity index (χ0v) is 16.5. The number of carbonyl (C=O) groups excluding carboxylic acids is 1. The normalized spacial score (nSPS) is 11.1. The highest BCUT2D eigenvalue weighted by atomic mass is 32.1. The highest BCUT2D eigenvalue weighted by molar-refractivity contribution is 7.14. The van der Waals surface area contributed by atoms with Crippen molar-refractivity contribution in [2.75, 3.05) is 10.6 Å². The molecule has 1 aromatic carbocycles. The third-order valence-electron chi connectivity index (χ3n) is 3.71. The molecule has 0 spiro atoms. The Bertz CT molecular complexity index is 956. The van der Waals surface area contributed by atoms with Gasteiger partial charge in [-0.3, -0.25) is 10.3 Å². The summed E-state index contributed by atoms with van der Waals surface area (Å²) in [6, 6.07) is 3.80. The highest BCUT2D eigenvalue weighted by Gasteiger charge is 2.18. The summed E-state index contributed by atoms with van der Waals surface area (Å²) in [7, 11) is 0. The average molecular weight is 401 g/mol. The van der Waals surface area contributed by atoms with Crippen LogP contribution in [0.4, 0.5) is 20.0 Å². The number of ether oxygens (including phenoxy) is 1. The molecule has 3 rings (SSSR count). The van der Waals surface area contributed by atoms with E-state index in [0.29, 0.717) is 10.8 Å². The predicted molar refractivity (Wildman–Crippen MR) is 106 cm³/mol. The quantitative estimate of drug-likeness (QED) is 0.653. The lowest BCUT2D eigenvalue weighted by Gasteiger charge is -2.14. The zero-order chi connectivity index (χ0) is 20.1. The first-order valence-corrected chi connectivity index (χ1v) is 9.40. The molecule has 28 heavy (non-hydrogen) atoms. The first kappa shape index (κ1) is 19.7. The van der Waals surface area contributed by atoms with E-state index in [9.17, 15) is 9.18 Å². The lowest BCUT2D eigenvalue weighted by molar-refractivity contribution is 0.262. The molecule has 0 aliphatic rings. The summed E-state index contributed by atoms with van der Waals surface area (Å²) in [5.41, 5.74) is 1.53. The van der Waals surface area contributed by atoms with E-state index in [2.05, 4.69) is 46.4 Å². The van der Waals surface area contributed by atoms with Crippen LogP contribution in [0.1, 0.15) is 32.0 Å². The van der Waals surface area contributed by atoms with Gasteiger partial charge in [0.15, 0.2) is 5.13 Å². The third-order valence-corrected chi connectivity index (χ3v) is 4.47. The molecule has 3 aromatic rings. The molecule has 0 unspecified atom stereocenters. The van der Waals surface area contributed by atoms with Crippen LogP contribution in [0.15, 0.2) is 42.2 Å². The second-order valence-corrected chi connectivity index (χ2v) is 7.86. The van der Waals surface area contributed by atoms with Gasteiger partial charge in [-0.2, -0.15) is 0 Å². The number of thiazole rings is 1. The van der Waals surface area contributed by atoms with Gasteiger partial charge in [-0.05, 0) is 18.2 Å². The minimum absolute atomic E-state index is 0.0386. The van der Waals surface area contributed by atoms with Crippen molar-refractivity contribution in [1.29, 1.82) is 0 Å². The second kappa shape index (κ2) is 8.30. The van der Waals surface area contributed by atoms with Crippen LogP contribution in [0.3, 0.4) is 0 Å². The zero-order valence-electron chi connectivity index (χ0n) is 15.7. The van der Waals surface area contributed by atoms with Gasteiger partial charge >= 0.3 is 6.03 Å². The van der Waals surface area contributed by atoms with Crippen molar-refractivity contribution >= 4 is 28.2 Å². The molecule has 2 aromatic heterocycles. The summed E-state index contributed by atoms with van der Waals surface area (Å²) in [4.78, 5) is 24.5. The molecule has 9 heteroatoms. The van der Waals surface area contributed by atoms with Crippen LogP contribution in [0, 0.1) is 5.82 Å². The summed E-state index contributed by atoms with van der Waals surface area (Å²) in [6.07, 6.45) is 4.44. The van der Waals surface area contributed by atoms with Gasteiger partial charge in [0.05, 0.1) is 11.9 Å². The standard InChI is InChI=1S/C19H20FN5O2S/c1-19(2,3)15-11-28-18(24-15)25-17(26)23-13-4-5-14(20)12(8-13)10-27-16-9-21-6-7-22-16/h4-9,11H,10H2,1-3H3,(H2,23,24,25,26). The Balaban J connectivity index is 1.62. The molecule has 0 atom stereocenters. The molecule has 2 N–H and O–H groups in total. The minimum Gasteiger partial charge on any atom is -0.472 e. The molecule has 0 bridgehead atoms. The number of hydrogen-bond acceptors (Lipinski definition) is 6. The first-order valence-electron chi connectivity index (χ1n) is 8.52. The molecule has 0 radical (unpaired) electrons. The molecule has 0 aliphatic carbocycles. The molecule has 0 saturated heterocycles. The number of benzene rings is 1. The molecular formula is C19H20FN5O2S. The minimum atomic E-state index is -0.456. The van der Waals surface area contributed by atoms with E-state index in [-0.39, 0.29) is 23.5 Å². The molecule has 0 saturated carbocycles. The van der Waals surface area contributed by atoms with Crippen LogP contribution < -0.4 is 15.4 Å². The lowest BCUT2D eigenvalue weighted by Crippen LogP contribution is -2.20. The number of halogens is 1. The average Bonchev–Trinajstić information content (AvgIpc) is 3.12. The van der Waals surface area contributed by atoms with Crippen LogP contribution in [-0.4, -0.2) is 21.0 Å². The van der Waals surface area contributed by atoms with Crippen LogP contribution in [0.5, 0.6) is 5.88 Å². The monoisotopic (exact) mass is 401 g/mol. The van der Waals surface area contributed by atoms with Gasteiger partial charge < -0.3 is 10.1 Å². The van der Waals surface area contributed by atoms with Crippen molar-refractivity contribution in [3.05, 3.63) is 59.2 Å². The number of urea groups is 1. The van der Waals surface area contributed by atoms with Crippen molar-refractivity contribution in [1.82, 2.24) is 15.0 Å². The largest absolute Gasteiger partial charge is 0.472 e. The molecular weight excluding hydrogens is 381 g/mol. The van der Waals surface area contributed by atoms with Gasteiger partial charge in [0.25, 0.3) is 0 Å². The third kappa shape index (κ3) is 5.23. The maximum atomic E-state index is 14.0. The summed E-state index contributed by atoms with van der Waals surface area (Å²) < 4.78 is 19.4. The number of hydrogen-bond donors (Lipinski definition) is 2. The second-order valence-electron chi connectivity index (χ2n) is 7.01. The number of carbonyl (C=O) groups is 1. The van der Waals surface area contributed by atoms with Crippen LogP contribution >= 0.6 is 11.3 Å². The number of anilines is 2. The van der Waals surface area contributed by atoms with E-state index < -0.39 is 11.8 Å². The number of aromatic nitrogens is 3. The first-order chi connectivity index (χ1) is 13.3. The fraction of sp³-hybridized carbons (Fsp3) is 0.263. The predicted octanol–water partition coefficient (Wildman–Crippen LogP) is 4.59. The molecule has 0 aliphatic heterocycles. The maximum Gasteiger partial charge on any atom is 0.325 e. The van der Waals surface area contributed by atoms with Crippen molar-refractivity contribution in [2.24, 2.45) is 0 Å². The van der Waals surface area contributed by atoms with E-state index >= 15 is 0 Å². The SMILES string of the molecule is CC(C)(C)c1csc(NC(=O)Nc2ccc(F)c(COc3cnccn3)c2)n1. The van der Waals surface area contributed by atoms with E-state index in [1.165, 1.54) is 48.1 Å². The Kier molecular flexibility index (Phi) is 5.84. The van der Waals surface area contributed by atoms with Gasteiger partial charge in [0.2, 0.25) is 5.88 Å². The van der Waals surface area contributed by atoms with Crippen molar-refractivity contribution < 1.29 is 13.9 Å². The smallest absolute Gasteiger partial charge is 0.325 e. The van der Waals surface area contributed by atoms with E-state index in [1.807, 2.05) is 5.38 Å². The fourth-order valence-electron chi connectivity index (χ4n) is 2.21. The summed E-state index contributed by atoms with van der Waals surface area (Å²) in [5.74, 6) is -0.152. The van der Waals surface area contributed by atoms with Gasteiger partial charge in [0.1, 0.15) is 12.4 Å². The summed E-state index contributed by atoms with van der Waals surface area (Å²) >= 11 is 1.35. The molecule has 0 fully saturated rings. The van der Waals surface area contributed by atoms with Crippen molar-refractivity contribution in [3.8, 4) is 5.88 Å². The van der Waals surface area contributed by atoms with Crippen LogP contribution in [-0.2, 0) is 12.0 Å². The molecule has 2 amide bonds. The van der Waals surface area contributed by atoms with Crippen molar-refractivity contribution in [2.45, 2.75) is 32.8 Å². The van der Waals surface area contributed by atoms with Gasteiger partial charge in [-0.1, -0.05) is 20.8 Å². The Morgan fingerprint density at radius 2 is 2.07 bits per heavy atom. The lowest BCUT2D eigenvalue weighted by atomic mass is 9.93. The number of nitrogens with zero attached hydrogens (tertiary/aromatic N) is 3. The highest BCUT2D eigenvalue weighted by Crippen LogP contribution is 2.26. The summed E-state index contributed by atoms with van der Waals surface area (Å²) in [5, 5.41) is 7.77. The van der Waals surface area contributed by atoms with E-state index in [0.717, 1.165) is 5.69 Å². The molecule has 146 valence electrons. The fourth-order valence-corrected chi connectivity index (χ4v) is 3.14. The Labute approximate surface area is 166 Å². The van der Waals surface area contributed by atoms with Gasteiger partial charge in [0, 0.05) is 34.4 Å². The number of rotatable bonds is 5. The maximum absolute atomic E-state index is 14.0. The molecule has 7 nitrogen and oxygen atoms in total. The topological polar surface area (TPSA) is 89.0 Å². The number of nitrogens with one attached hydrogen (secondary N) is 2. The Morgan fingerprint density at radius 1 is 1.25 bits per heavy atom. The van der Waals surface area contributed by atoms with Gasteiger partial charge in [-0.15, -0.1) is 11.3 Å². The van der Waals surface area contributed by atoms with E-state index in [4.69, 9.17) is 4.74 Å². The van der Waals surface area contributed by atoms with Crippen LogP contribution in [0.25, 0.3) is 0 Å². The van der Waals surface area contributed by atoms with Crippen molar-refractivity contribution in [3.63, 3.8) is 0 Å². The Hall–Kier alpha value is -3.07. The van der Waals surface area contributed by atoms with Gasteiger partial charge in [-0.25, -0.2) is 19.2 Å².